The van der Waals surface area contributed by atoms with Crippen molar-refractivity contribution in [1.29, 1.82) is 0 Å². The highest BCUT2D eigenvalue weighted by Crippen LogP contribution is 2.32. The van der Waals surface area contributed by atoms with Crippen molar-refractivity contribution in [3.8, 4) is 0 Å². The van der Waals surface area contributed by atoms with Crippen molar-refractivity contribution in [3.05, 3.63) is 64.7 Å². The van der Waals surface area contributed by atoms with Crippen molar-refractivity contribution >= 4 is 5.91 Å². The van der Waals surface area contributed by atoms with Crippen LogP contribution < -0.4 is 5.32 Å². The summed E-state index contributed by atoms with van der Waals surface area (Å²) in [6.45, 7) is 1.36. The smallest absolute Gasteiger partial charge is 0.348 e. The Kier molecular flexibility index (Phi) is 4.44. The molecule has 0 saturated carbocycles. The van der Waals surface area contributed by atoms with Gasteiger partial charge in [-0.3, -0.25) is 9.78 Å². The molecule has 22 heavy (non-hydrogen) atoms. The Morgan fingerprint density at radius 2 is 2.00 bits per heavy atom. The van der Waals surface area contributed by atoms with Gasteiger partial charge in [0.05, 0.1) is 5.56 Å². The molecule has 1 aromatic carbocycles. The third-order valence-corrected chi connectivity index (χ3v) is 2.98. The molecule has 0 aliphatic carbocycles. The van der Waals surface area contributed by atoms with Crippen molar-refractivity contribution in [2.24, 2.45) is 0 Å². The van der Waals surface area contributed by atoms with Gasteiger partial charge in [-0.1, -0.05) is 12.1 Å². The molecule has 0 aliphatic heterocycles. The lowest BCUT2D eigenvalue weighted by atomic mass is 10.1. The predicted molar refractivity (Wildman–Crippen MR) is 71.5 cm³/mol. The maximum Gasteiger partial charge on any atom is 0.419 e. The fourth-order valence-corrected chi connectivity index (χ4v) is 1.90. The number of carbonyl (C=O) groups is 1. The molecule has 116 valence electrons. The fraction of sp³-hybridized carbons (Fsp3) is 0.200. The standard InChI is InChI=1S/C15H12F4N2O/c1-9-7-10(5-6-20-9)14(22)21-8-11-3-2-4-12(13(11)16)15(17,18)19/h2-7H,8H2,1H3,(H,21,22). The van der Waals surface area contributed by atoms with Crippen LogP contribution >= 0.6 is 0 Å². The van der Waals surface area contributed by atoms with Crippen molar-refractivity contribution in [3.63, 3.8) is 0 Å². The number of benzene rings is 1. The third-order valence-electron chi connectivity index (χ3n) is 2.98. The van der Waals surface area contributed by atoms with E-state index in [1.165, 1.54) is 24.4 Å². The molecule has 2 rings (SSSR count). The van der Waals surface area contributed by atoms with Gasteiger partial charge in [-0.2, -0.15) is 13.2 Å². The van der Waals surface area contributed by atoms with Gasteiger partial charge in [-0.25, -0.2) is 4.39 Å². The average molecular weight is 312 g/mol. The molecule has 0 radical (unpaired) electrons. The van der Waals surface area contributed by atoms with E-state index < -0.39 is 23.5 Å². The van der Waals surface area contributed by atoms with Gasteiger partial charge in [0.15, 0.2) is 0 Å². The topological polar surface area (TPSA) is 42.0 Å². The molecular formula is C15H12F4N2O. The van der Waals surface area contributed by atoms with Crippen LogP contribution in [0.25, 0.3) is 0 Å². The summed E-state index contributed by atoms with van der Waals surface area (Å²) in [6.07, 6.45) is -3.33. The normalized spacial score (nSPS) is 11.3. The Morgan fingerprint density at radius 1 is 1.27 bits per heavy atom. The van der Waals surface area contributed by atoms with Gasteiger partial charge in [0.25, 0.3) is 5.91 Å². The molecule has 1 N–H and O–H groups in total. The van der Waals surface area contributed by atoms with Gasteiger partial charge in [-0.15, -0.1) is 0 Å². The number of halogens is 4. The lowest BCUT2D eigenvalue weighted by Crippen LogP contribution is -2.24. The second kappa shape index (κ2) is 6.13. The minimum absolute atomic E-state index is 0.228. The van der Waals surface area contributed by atoms with E-state index in [0.29, 0.717) is 17.3 Å². The molecule has 1 aromatic heterocycles. The first-order valence-electron chi connectivity index (χ1n) is 6.34. The zero-order valence-electron chi connectivity index (χ0n) is 11.5. The number of aromatic nitrogens is 1. The number of nitrogens with one attached hydrogen (secondary N) is 1. The molecule has 1 amide bonds. The lowest BCUT2D eigenvalue weighted by Gasteiger charge is -2.12. The molecule has 0 saturated heterocycles. The molecule has 0 unspecified atom stereocenters. The number of rotatable bonds is 3. The summed E-state index contributed by atoms with van der Waals surface area (Å²) in [5.74, 6) is -1.89. The Bertz CT molecular complexity index is 698. The first-order chi connectivity index (χ1) is 10.3. The monoisotopic (exact) mass is 312 g/mol. The van der Waals surface area contributed by atoms with Crippen LogP contribution in [-0.2, 0) is 12.7 Å². The van der Waals surface area contributed by atoms with E-state index in [2.05, 4.69) is 10.3 Å². The molecule has 7 heteroatoms. The van der Waals surface area contributed by atoms with E-state index in [1.807, 2.05) is 0 Å². The Balaban J connectivity index is 2.14. The Labute approximate surface area is 124 Å². The highest BCUT2D eigenvalue weighted by atomic mass is 19.4. The van der Waals surface area contributed by atoms with E-state index in [1.54, 1.807) is 6.92 Å². The number of nitrogens with zero attached hydrogens (tertiary/aromatic N) is 1. The van der Waals surface area contributed by atoms with Gasteiger partial charge < -0.3 is 5.32 Å². The maximum atomic E-state index is 13.8. The zero-order chi connectivity index (χ0) is 16.3. The van der Waals surface area contributed by atoms with E-state index in [0.717, 1.165) is 6.07 Å². The van der Waals surface area contributed by atoms with Gasteiger partial charge in [0.2, 0.25) is 0 Å². The minimum Gasteiger partial charge on any atom is -0.348 e. The number of hydrogen-bond donors (Lipinski definition) is 1. The van der Waals surface area contributed by atoms with Gasteiger partial charge in [0.1, 0.15) is 5.82 Å². The van der Waals surface area contributed by atoms with E-state index in [-0.39, 0.29) is 12.1 Å². The van der Waals surface area contributed by atoms with Gasteiger partial charge in [0, 0.05) is 29.6 Å². The highest BCUT2D eigenvalue weighted by Gasteiger charge is 2.34. The summed E-state index contributed by atoms with van der Waals surface area (Å²) in [7, 11) is 0. The fourth-order valence-electron chi connectivity index (χ4n) is 1.90. The van der Waals surface area contributed by atoms with Crippen LogP contribution in [0, 0.1) is 12.7 Å². The summed E-state index contributed by atoms with van der Waals surface area (Å²) in [6, 6.07) is 5.95. The number of carbonyl (C=O) groups excluding carboxylic acids is 1. The largest absolute Gasteiger partial charge is 0.419 e. The van der Waals surface area contributed by atoms with Crippen molar-refractivity contribution in [1.82, 2.24) is 10.3 Å². The third kappa shape index (κ3) is 3.60. The van der Waals surface area contributed by atoms with Crippen LogP contribution in [-0.4, -0.2) is 10.9 Å². The molecule has 0 bridgehead atoms. The number of pyridine rings is 1. The van der Waals surface area contributed by atoms with Crippen LogP contribution in [0.4, 0.5) is 17.6 Å². The number of alkyl halides is 3. The molecule has 0 fully saturated rings. The summed E-state index contributed by atoms with van der Waals surface area (Å²) in [5, 5.41) is 2.39. The second-order valence-corrected chi connectivity index (χ2v) is 4.65. The average Bonchev–Trinajstić information content (AvgIpc) is 2.44. The number of amides is 1. The van der Waals surface area contributed by atoms with Crippen LogP contribution in [0.3, 0.4) is 0 Å². The first kappa shape index (κ1) is 15.9. The lowest BCUT2D eigenvalue weighted by molar-refractivity contribution is -0.140. The molecule has 0 aliphatic rings. The minimum atomic E-state index is -4.77. The molecule has 1 heterocycles. The highest BCUT2D eigenvalue weighted by molar-refractivity contribution is 5.94. The molecule has 0 atom stereocenters. The van der Waals surface area contributed by atoms with Crippen molar-refractivity contribution < 1.29 is 22.4 Å². The van der Waals surface area contributed by atoms with Crippen LogP contribution in [0.1, 0.15) is 27.2 Å². The van der Waals surface area contributed by atoms with E-state index in [9.17, 15) is 22.4 Å². The zero-order valence-corrected chi connectivity index (χ0v) is 11.5. The van der Waals surface area contributed by atoms with Gasteiger partial charge in [-0.05, 0) is 25.1 Å². The molecule has 3 nitrogen and oxygen atoms in total. The number of aryl methyl sites for hydroxylation is 1. The van der Waals surface area contributed by atoms with Crippen LogP contribution in [0.5, 0.6) is 0 Å². The summed E-state index contributed by atoms with van der Waals surface area (Å²) in [4.78, 5) is 15.8. The SMILES string of the molecule is Cc1cc(C(=O)NCc2cccc(C(F)(F)F)c2F)ccn1. The molecule has 2 aromatic rings. The summed E-state index contributed by atoms with van der Waals surface area (Å²) >= 11 is 0. The molecular weight excluding hydrogens is 300 g/mol. The van der Waals surface area contributed by atoms with Crippen LogP contribution in [0.15, 0.2) is 36.5 Å². The van der Waals surface area contributed by atoms with E-state index >= 15 is 0 Å². The Hall–Kier alpha value is -2.44. The maximum absolute atomic E-state index is 13.8. The van der Waals surface area contributed by atoms with Crippen molar-refractivity contribution in [2.75, 3.05) is 0 Å². The van der Waals surface area contributed by atoms with E-state index in [4.69, 9.17) is 0 Å². The summed E-state index contributed by atoms with van der Waals surface area (Å²) in [5.41, 5.74) is -0.647. The first-order valence-corrected chi connectivity index (χ1v) is 6.34. The van der Waals surface area contributed by atoms with Crippen molar-refractivity contribution in [2.45, 2.75) is 19.6 Å². The molecule has 0 spiro atoms. The quantitative estimate of drug-likeness (QED) is 0.882. The predicted octanol–water partition coefficient (Wildman–Crippen LogP) is 3.48. The second-order valence-electron chi connectivity index (χ2n) is 4.65. The summed E-state index contributed by atoms with van der Waals surface area (Å²) < 4.78 is 51.6. The van der Waals surface area contributed by atoms with Gasteiger partial charge >= 0.3 is 6.18 Å². The number of hydrogen-bond acceptors (Lipinski definition) is 2. The van der Waals surface area contributed by atoms with Crippen LogP contribution in [0.2, 0.25) is 0 Å². The Morgan fingerprint density at radius 3 is 2.64 bits per heavy atom.